The molecule has 2 aromatic carbocycles. The van der Waals surface area contributed by atoms with Gasteiger partial charge in [-0.05, 0) is 30.7 Å². The van der Waals surface area contributed by atoms with Gasteiger partial charge < -0.3 is 9.73 Å². The first-order valence-corrected chi connectivity index (χ1v) is 10.3. The summed E-state index contributed by atoms with van der Waals surface area (Å²) in [5, 5.41) is 3.62. The highest BCUT2D eigenvalue weighted by Gasteiger charge is 2.18. The zero-order valence-electron chi connectivity index (χ0n) is 15.9. The molecule has 1 amide bonds. The maximum absolute atomic E-state index is 13.3. The summed E-state index contributed by atoms with van der Waals surface area (Å²) < 4.78 is 33.5. The highest BCUT2D eigenvalue weighted by Crippen LogP contribution is 2.27. The van der Waals surface area contributed by atoms with Crippen LogP contribution in [0.15, 0.2) is 56.8 Å². The van der Waals surface area contributed by atoms with Crippen LogP contribution in [0, 0.1) is 11.6 Å². The van der Waals surface area contributed by atoms with Crippen LogP contribution in [-0.2, 0) is 11.3 Å². The largest absolute Gasteiger partial charge is 0.448 e. The molecule has 0 radical (unpaired) electrons. The highest BCUT2D eigenvalue weighted by molar-refractivity contribution is 7.99. The predicted molar refractivity (Wildman–Crippen MR) is 112 cm³/mol. The third-order valence-corrected chi connectivity index (χ3v) is 5.41. The molecule has 4 aromatic rings. The van der Waals surface area contributed by atoms with E-state index in [2.05, 4.69) is 10.3 Å². The molecule has 0 fully saturated rings. The van der Waals surface area contributed by atoms with Crippen molar-refractivity contribution in [3.05, 3.63) is 64.5 Å². The Morgan fingerprint density at radius 3 is 2.77 bits per heavy atom. The number of hydrogen-bond donors (Lipinski definition) is 1. The molecule has 2 aromatic heterocycles. The molecule has 0 saturated heterocycles. The van der Waals surface area contributed by atoms with Gasteiger partial charge in [-0.1, -0.05) is 30.8 Å². The molecule has 2 heterocycles. The lowest BCUT2D eigenvalue weighted by Crippen LogP contribution is -2.23. The third kappa shape index (κ3) is 3.80. The lowest BCUT2D eigenvalue weighted by Gasteiger charge is -2.11. The van der Waals surface area contributed by atoms with E-state index in [0.717, 1.165) is 29.3 Å². The highest BCUT2D eigenvalue weighted by atomic mass is 32.2. The summed E-state index contributed by atoms with van der Waals surface area (Å²) in [6.45, 7) is 2.35. The number of rotatable bonds is 6. The van der Waals surface area contributed by atoms with Gasteiger partial charge in [-0.15, -0.1) is 0 Å². The molecule has 0 bridgehead atoms. The second-order valence-electron chi connectivity index (χ2n) is 6.59. The SMILES string of the molecule is CCCn1c(SCC(=O)Nc2ccc(F)c(F)c2)nc2c(oc3ccccc32)c1=O. The summed E-state index contributed by atoms with van der Waals surface area (Å²) in [4.78, 5) is 29.8. The first kappa shape index (κ1) is 20.1. The molecule has 154 valence electrons. The summed E-state index contributed by atoms with van der Waals surface area (Å²) in [5.74, 6) is -2.52. The smallest absolute Gasteiger partial charge is 0.297 e. The Hall–Kier alpha value is -3.20. The topological polar surface area (TPSA) is 77.1 Å². The Bertz CT molecular complexity index is 1320. The van der Waals surface area contributed by atoms with Crippen LogP contribution in [0.4, 0.5) is 14.5 Å². The normalized spacial score (nSPS) is 11.3. The minimum absolute atomic E-state index is 0.0591. The summed E-state index contributed by atoms with van der Waals surface area (Å²) in [7, 11) is 0. The number of anilines is 1. The van der Waals surface area contributed by atoms with Crippen LogP contribution >= 0.6 is 11.8 Å². The zero-order valence-corrected chi connectivity index (χ0v) is 16.8. The van der Waals surface area contributed by atoms with E-state index in [1.165, 1.54) is 10.6 Å². The molecule has 0 atom stereocenters. The van der Waals surface area contributed by atoms with Gasteiger partial charge in [0.2, 0.25) is 11.5 Å². The maximum Gasteiger partial charge on any atom is 0.297 e. The molecule has 4 rings (SSSR count). The number of amides is 1. The molecule has 0 saturated carbocycles. The average molecular weight is 429 g/mol. The molecular weight excluding hydrogens is 412 g/mol. The van der Waals surface area contributed by atoms with Crippen molar-refractivity contribution >= 4 is 45.4 Å². The number of nitrogens with one attached hydrogen (secondary N) is 1. The monoisotopic (exact) mass is 429 g/mol. The lowest BCUT2D eigenvalue weighted by atomic mass is 10.2. The minimum atomic E-state index is -1.05. The van der Waals surface area contributed by atoms with E-state index < -0.39 is 17.5 Å². The molecule has 0 spiro atoms. The van der Waals surface area contributed by atoms with Gasteiger partial charge in [0.15, 0.2) is 16.8 Å². The second-order valence-corrected chi connectivity index (χ2v) is 7.54. The van der Waals surface area contributed by atoms with Crippen molar-refractivity contribution in [2.24, 2.45) is 0 Å². The molecule has 0 aliphatic heterocycles. The number of halogens is 2. The first-order chi connectivity index (χ1) is 14.5. The Kier molecular flexibility index (Phi) is 5.54. The quantitative estimate of drug-likeness (QED) is 0.359. The van der Waals surface area contributed by atoms with Gasteiger partial charge >= 0.3 is 0 Å². The van der Waals surface area contributed by atoms with E-state index in [9.17, 15) is 18.4 Å². The van der Waals surface area contributed by atoms with Gasteiger partial charge in [0.1, 0.15) is 11.1 Å². The third-order valence-electron chi connectivity index (χ3n) is 4.43. The van der Waals surface area contributed by atoms with Crippen molar-refractivity contribution in [3.8, 4) is 0 Å². The molecule has 30 heavy (non-hydrogen) atoms. The van der Waals surface area contributed by atoms with Gasteiger partial charge in [-0.2, -0.15) is 0 Å². The maximum atomic E-state index is 13.3. The van der Waals surface area contributed by atoms with E-state index in [0.29, 0.717) is 29.2 Å². The van der Waals surface area contributed by atoms with Gasteiger partial charge in [-0.3, -0.25) is 14.2 Å². The van der Waals surface area contributed by atoms with Crippen LogP contribution in [0.25, 0.3) is 22.1 Å². The van der Waals surface area contributed by atoms with Crippen LogP contribution in [-0.4, -0.2) is 21.2 Å². The second kappa shape index (κ2) is 8.27. The van der Waals surface area contributed by atoms with Crippen LogP contribution < -0.4 is 10.9 Å². The summed E-state index contributed by atoms with van der Waals surface area (Å²) in [5.41, 5.74) is 1.04. The number of benzene rings is 2. The average Bonchev–Trinajstić information content (AvgIpc) is 3.10. The Balaban J connectivity index is 1.63. The molecule has 6 nitrogen and oxygen atoms in total. The van der Waals surface area contributed by atoms with Crippen molar-refractivity contribution in [1.82, 2.24) is 9.55 Å². The van der Waals surface area contributed by atoms with E-state index in [1.807, 2.05) is 25.1 Å². The van der Waals surface area contributed by atoms with Crippen LogP contribution in [0.1, 0.15) is 13.3 Å². The van der Waals surface area contributed by atoms with Crippen LogP contribution in [0.3, 0.4) is 0 Å². The number of para-hydroxylation sites is 1. The van der Waals surface area contributed by atoms with Crippen molar-refractivity contribution in [1.29, 1.82) is 0 Å². The number of hydrogen-bond acceptors (Lipinski definition) is 5. The van der Waals surface area contributed by atoms with E-state index >= 15 is 0 Å². The number of fused-ring (bicyclic) bond motifs is 3. The first-order valence-electron chi connectivity index (χ1n) is 9.27. The summed E-state index contributed by atoms with van der Waals surface area (Å²) in [6, 6.07) is 10.4. The van der Waals surface area contributed by atoms with Crippen LogP contribution in [0.5, 0.6) is 0 Å². The van der Waals surface area contributed by atoms with Gasteiger partial charge in [0.05, 0.1) is 5.75 Å². The molecule has 0 aliphatic carbocycles. The minimum Gasteiger partial charge on any atom is -0.448 e. The number of aromatic nitrogens is 2. The number of thioether (sulfide) groups is 1. The fourth-order valence-corrected chi connectivity index (χ4v) is 3.90. The molecule has 0 aliphatic rings. The summed E-state index contributed by atoms with van der Waals surface area (Å²) >= 11 is 1.09. The van der Waals surface area contributed by atoms with Crippen molar-refractivity contribution in [3.63, 3.8) is 0 Å². The number of nitrogens with zero attached hydrogens (tertiary/aromatic N) is 2. The van der Waals surface area contributed by atoms with Crippen molar-refractivity contribution in [2.75, 3.05) is 11.1 Å². The lowest BCUT2D eigenvalue weighted by molar-refractivity contribution is -0.113. The standard InChI is InChI=1S/C21H17F2N3O3S/c1-2-9-26-20(28)19-18(13-5-3-4-6-16(13)29-19)25-21(26)30-11-17(27)24-12-7-8-14(22)15(23)10-12/h3-8,10H,2,9,11H2,1H3,(H,24,27). The molecule has 9 heteroatoms. The Labute approximate surface area is 173 Å². The Morgan fingerprint density at radius 1 is 1.20 bits per heavy atom. The van der Waals surface area contributed by atoms with Gasteiger partial charge in [0, 0.05) is 23.7 Å². The number of furan rings is 1. The fourth-order valence-electron chi connectivity index (χ4n) is 3.09. The summed E-state index contributed by atoms with van der Waals surface area (Å²) in [6.07, 6.45) is 0.696. The number of carbonyl (C=O) groups is 1. The Morgan fingerprint density at radius 2 is 2.00 bits per heavy atom. The van der Waals surface area contributed by atoms with E-state index in [1.54, 1.807) is 6.07 Å². The molecular formula is C21H17F2N3O3S. The van der Waals surface area contributed by atoms with E-state index in [-0.39, 0.29) is 22.6 Å². The van der Waals surface area contributed by atoms with Gasteiger partial charge in [-0.25, -0.2) is 13.8 Å². The van der Waals surface area contributed by atoms with Crippen molar-refractivity contribution < 1.29 is 18.0 Å². The molecule has 1 N–H and O–H groups in total. The fraction of sp³-hybridized carbons (Fsp3) is 0.190. The van der Waals surface area contributed by atoms with E-state index in [4.69, 9.17) is 4.42 Å². The predicted octanol–water partition coefficient (Wildman–Crippen LogP) is 4.56. The van der Waals surface area contributed by atoms with Gasteiger partial charge in [0.25, 0.3) is 5.56 Å². The molecule has 0 unspecified atom stereocenters. The zero-order chi connectivity index (χ0) is 21.3. The number of carbonyl (C=O) groups excluding carboxylic acids is 1. The van der Waals surface area contributed by atoms with Crippen LogP contribution in [0.2, 0.25) is 0 Å². The van der Waals surface area contributed by atoms with Crippen molar-refractivity contribution in [2.45, 2.75) is 25.0 Å².